The van der Waals surface area contributed by atoms with Crippen molar-refractivity contribution in [2.75, 3.05) is 23.7 Å². The Morgan fingerprint density at radius 1 is 1.10 bits per heavy atom. The van der Waals surface area contributed by atoms with Crippen LogP contribution in [0.15, 0.2) is 49.1 Å². The first-order valence-electron chi connectivity index (χ1n) is 13.2. The number of pyridine rings is 1. The number of nitrogens with two attached hydrogens (primary N) is 1. The molecule has 4 aromatic rings. The lowest BCUT2D eigenvalue weighted by Crippen LogP contribution is -2.57. The van der Waals surface area contributed by atoms with E-state index in [1.54, 1.807) is 43.6 Å². The average molecular weight is 564 g/mol. The highest BCUT2D eigenvalue weighted by atomic mass is 19.2. The van der Waals surface area contributed by atoms with Gasteiger partial charge in [-0.25, -0.2) is 23.5 Å². The lowest BCUT2D eigenvalue weighted by Gasteiger charge is -2.42. The largest absolute Gasteiger partial charge is 0.444 e. The van der Waals surface area contributed by atoms with E-state index in [1.165, 1.54) is 18.5 Å². The van der Waals surface area contributed by atoms with E-state index in [2.05, 4.69) is 20.3 Å². The molecule has 0 bridgehead atoms. The number of hydrogen-bond acceptors (Lipinski definition) is 8. The van der Waals surface area contributed by atoms with E-state index < -0.39 is 28.9 Å². The van der Waals surface area contributed by atoms with Gasteiger partial charge in [0.25, 0.3) is 0 Å². The number of rotatable bonds is 5. The summed E-state index contributed by atoms with van der Waals surface area (Å²) in [7, 11) is 0. The topological polar surface area (TPSA) is 128 Å². The van der Waals surface area contributed by atoms with Gasteiger partial charge >= 0.3 is 6.09 Å². The number of halogens is 2. The Morgan fingerprint density at radius 3 is 2.61 bits per heavy atom. The van der Waals surface area contributed by atoms with Crippen molar-refractivity contribution in [3.05, 3.63) is 71.9 Å². The van der Waals surface area contributed by atoms with Crippen LogP contribution < -0.4 is 16.0 Å². The van der Waals surface area contributed by atoms with E-state index >= 15 is 0 Å². The fourth-order valence-corrected chi connectivity index (χ4v) is 5.04. The van der Waals surface area contributed by atoms with Gasteiger partial charge in [-0.1, -0.05) is 0 Å². The second-order valence-electron chi connectivity index (χ2n) is 11.4. The van der Waals surface area contributed by atoms with Crippen molar-refractivity contribution in [2.45, 2.75) is 51.7 Å². The standard InChI is InChI=1S/C29H31F2N7O3/c1-28(2,3)41-27(40)36-29(4)8-5-10-37(16-29)22-14-34-21(17-6-7-19(30)20(31)12-17)13-18(22)24(39)23-15-35-26-25(32)33-9-11-38(23)26/h6-7,9,11-15H,5,8,10,16H2,1-4H3,(H2,32,33)(H,36,40). The fourth-order valence-electron chi connectivity index (χ4n) is 5.04. The number of nitrogens with one attached hydrogen (secondary N) is 1. The number of nitrogen functional groups attached to an aromatic ring is 1. The summed E-state index contributed by atoms with van der Waals surface area (Å²) in [6.07, 6.45) is 6.92. The first kappa shape index (κ1) is 27.9. The van der Waals surface area contributed by atoms with Gasteiger partial charge in [-0.15, -0.1) is 0 Å². The molecule has 1 amide bonds. The van der Waals surface area contributed by atoms with Crippen LogP contribution in [0.25, 0.3) is 16.9 Å². The molecule has 12 heteroatoms. The van der Waals surface area contributed by atoms with E-state index in [4.69, 9.17) is 10.5 Å². The number of nitrogens with zero attached hydrogens (tertiary/aromatic N) is 5. The minimum Gasteiger partial charge on any atom is -0.444 e. The first-order chi connectivity index (χ1) is 19.3. The predicted octanol–water partition coefficient (Wildman–Crippen LogP) is 4.77. The summed E-state index contributed by atoms with van der Waals surface area (Å²) >= 11 is 0. The molecule has 3 N–H and O–H groups in total. The second kappa shape index (κ2) is 10.4. The van der Waals surface area contributed by atoms with Gasteiger partial charge in [-0.2, -0.15) is 0 Å². The number of piperidine rings is 1. The summed E-state index contributed by atoms with van der Waals surface area (Å²) in [6, 6.07) is 5.01. The molecule has 4 heterocycles. The fraction of sp³-hybridized carbons (Fsp3) is 0.345. The number of ether oxygens (including phenoxy) is 1. The van der Waals surface area contributed by atoms with Crippen LogP contribution in [-0.4, -0.2) is 55.5 Å². The molecule has 3 aromatic heterocycles. The van der Waals surface area contributed by atoms with Crippen LogP contribution in [0.4, 0.5) is 25.1 Å². The van der Waals surface area contributed by atoms with E-state index in [9.17, 15) is 18.4 Å². The molecule has 1 aliphatic rings. The summed E-state index contributed by atoms with van der Waals surface area (Å²) in [6.45, 7) is 8.29. The van der Waals surface area contributed by atoms with Crippen molar-refractivity contribution < 1.29 is 23.1 Å². The highest BCUT2D eigenvalue weighted by Crippen LogP contribution is 2.33. The molecule has 0 aliphatic carbocycles. The highest BCUT2D eigenvalue weighted by Gasteiger charge is 2.36. The minimum atomic E-state index is -1.02. The lowest BCUT2D eigenvalue weighted by atomic mass is 9.90. The lowest BCUT2D eigenvalue weighted by molar-refractivity contribution is 0.0454. The van der Waals surface area contributed by atoms with Crippen molar-refractivity contribution in [3.63, 3.8) is 0 Å². The van der Waals surface area contributed by atoms with E-state index in [-0.39, 0.29) is 28.6 Å². The summed E-state index contributed by atoms with van der Waals surface area (Å²) in [5, 5.41) is 2.99. The second-order valence-corrected chi connectivity index (χ2v) is 11.4. The summed E-state index contributed by atoms with van der Waals surface area (Å²) in [5.41, 5.74) is 6.63. The third-order valence-electron chi connectivity index (χ3n) is 6.87. The van der Waals surface area contributed by atoms with E-state index in [1.807, 2.05) is 11.8 Å². The number of anilines is 2. The minimum absolute atomic E-state index is 0.170. The van der Waals surface area contributed by atoms with Crippen LogP contribution >= 0.6 is 0 Å². The maximum atomic E-state index is 14.1. The van der Waals surface area contributed by atoms with Crippen molar-refractivity contribution in [2.24, 2.45) is 0 Å². The van der Waals surface area contributed by atoms with Crippen molar-refractivity contribution >= 4 is 29.0 Å². The normalized spacial score (nSPS) is 17.5. The molecule has 0 saturated carbocycles. The third kappa shape index (κ3) is 5.81. The number of fused-ring (bicyclic) bond motifs is 1. The number of carbonyl (C=O) groups is 2. The molecule has 0 spiro atoms. The van der Waals surface area contributed by atoms with Gasteiger partial charge in [0.2, 0.25) is 5.78 Å². The van der Waals surface area contributed by atoms with E-state index in [0.717, 1.165) is 18.6 Å². The smallest absolute Gasteiger partial charge is 0.408 e. The number of ketones is 1. The van der Waals surface area contributed by atoms with Gasteiger partial charge in [0.15, 0.2) is 23.1 Å². The Hall–Kier alpha value is -4.61. The molecular weight excluding hydrogens is 532 g/mol. The number of benzene rings is 1. The van der Waals surface area contributed by atoms with Crippen molar-refractivity contribution in [3.8, 4) is 11.3 Å². The Balaban J connectivity index is 1.56. The van der Waals surface area contributed by atoms with Gasteiger partial charge in [-0.05, 0) is 64.8 Å². The predicted molar refractivity (Wildman–Crippen MR) is 150 cm³/mol. The van der Waals surface area contributed by atoms with Crippen LogP contribution in [-0.2, 0) is 4.74 Å². The molecule has 1 aromatic carbocycles. The summed E-state index contributed by atoms with van der Waals surface area (Å²) < 4.78 is 34.7. The van der Waals surface area contributed by atoms with Crippen molar-refractivity contribution in [1.82, 2.24) is 24.7 Å². The van der Waals surface area contributed by atoms with Gasteiger partial charge in [0.05, 0.1) is 34.9 Å². The molecule has 1 atom stereocenters. The number of carbonyl (C=O) groups excluding carboxylic acids is 2. The molecule has 0 radical (unpaired) electrons. The van der Waals surface area contributed by atoms with Crippen LogP contribution in [0.1, 0.15) is 56.6 Å². The Bertz CT molecular complexity index is 1650. The van der Waals surface area contributed by atoms with Gasteiger partial charge < -0.3 is 20.7 Å². The van der Waals surface area contributed by atoms with Crippen LogP contribution in [0.3, 0.4) is 0 Å². The third-order valence-corrected chi connectivity index (χ3v) is 6.87. The zero-order chi connectivity index (χ0) is 29.5. The quantitative estimate of drug-likeness (QED) is 0.333. The molecule has 10 nitrogen and oxygen atoms in total. The van der Waals surface area contributed by atoms with E-state index in [0.29, 0.717) is 36.4 Å². The molecular formula is C29H31F2N7O3. The van der Waals surface area contributed by atoms with Gasteiger partial charge in [0.1, 0.15) is 11.3 Å². The first-order valence-corrected chi connectivity index (χ1v) is 13.2. The molecule has 1 saturated heterocycles. The molecule has 5 rings (SSSR count). The SMILES string of the molecule is CC1(NC(=O)OC(C)(C)C)CCCN(c2cnc(-c3ccc(F)c(F)c3)cc2C(=O)c2cnc3c(N)nccn23)C1. The van der Waals surface area contributed by atoms with Gasteiger partial charge in [-0.3, -0.25) is 14.2 Å². The molecule has 1 unspecified atom stereocenters. The number of alkyl carbamates (subject to hydrolysis) is 1. The zero-order valence-corrected chi connectivity index (χ0v) is 23.2. The monoisotopic (exact) mass is 563 g/mol. The summed E-state index contributed by atoms with van der Waals surface area (Å²) in [4.78, 5) is 41.5. The molecule has 1 fully saturated rings. The number of hydrogen-bond donors (Lipinski definition) is 2. The number of amides is 1. The molecule has 214 valence electrons. The molecule has 41 heavy (non-hydrogen) atoms. The van der Waals surface area contributed by atoms with Gasteiger partial charge in [0, 0.05) is 31.0 Å². The van der Waals surface area contributed by atoms with Crippen LogP contribution in [0, 0.1) is 11.6 Å². The average Bonchev–Trinajstić information content (AvgIpc) is 3.33. The molecule has 1 aliphatic heterocycles. The van der Waals surface area contributed by atoms with Crippen LogP contribution in [0.2, 0.25) is 0 Å². The summed E-state index contributed by atoms with van der Waals surface area (Å²) in [5.74, 6) is -2.21. The Labute approximate surface area is 235 Å². The number of imidazole rings is 1. The van der Waals surface area contributed by atoms with Crippen molar-refractivity contribution in [1.29, 1.82) is 0 Å². The highest BCUT2D eigenvalue weighted by molar-refractivity contribution is 6.12. The zero-order valence-electron chi connectivity index (χ0n) is 23.2. The number of aromatic nitrogens is 4. The van der Waals surface area contributed by atoms with Crippen LogP contribution in [0.5, 0.6) is 0 Å². The maximum absolute atomic E-state index is 14.1. The Kier molecular flexibility index (Phi) is 7.10. The Morgan fingerprint density at radius 2 is 1.88 bits per heavy atom. The maximum Gasteiger partial charge on any atom is 0.408 e.